The first-order valence-corrected chi connectivity index (χ1v) is 15.9. The number of piperazine rings is 1. The summed E-state index contributed by atoms with van der Waals surface area (Å²) in [4.78, 5) is 35.8. The molecule has 12 heteroatoms. The number of hydrogen-bond acceptors (Lipinski definition) is 9. The molecule has 0 radical (unpaired) electrons. The summed E-state index contributed by atoms with van der Waals surface area (Å²) in [6.45, 7) is 10.0. The normalized spacial score (nSPS) is 25.6. The van der Waals surface area contributed by atoms with Crippen LogP contribution >= 0.6 is 0 Å². The fourth-order valence-electron chi connectivity index (χ4n) is 5.90. The van der Waals surface area contributed by atoms with Gasteiger partial charge in [-0.3, -0.25) is 19.4 Å². The van der Waals surface area contributed by atoms with Crippen LogP contribution in [0.1, 0.15) is 43.5 Å². The summed E-state index contributed by atoms with van der Waals surface area (Å²) in [6, 6.07) is 5.42. The molecule has 0 saturated carbocycles. The zero-order chi connectivity index (χ0) is 32.1. The Morgan fingerprint density at radius 3 is 2.39 bits per heavy atom. The van der Waals surface area contributed by atoms with Crippen molar-refractivity contribution in [3.05, 3.63) is 35.6 Å². The van der Waals surface area contributed by atoms with Crippen molar-refractivity contribution in [2.24, 2.45) is 5.92 Å². The van der Waals surface area contributed by atoms with Crippen LogP contribution in [-0.4, -0.2) is 159 Å². The van der Waals surface area contributed by atoms with Gasteiger partial charge in [-0.25, -0.2) is 4.39 Å². The van der Waals surface area contributed by atoms with E-state index in [0.29, 0.717) is 39.0 Å². The van der Waals surface area contributed by atoms with Gasteiger partial charge in [0, 0.05) is 79.2 Å². The zero-order valence-electron chi connectivity index (χ0n) is 26.9. The number of aliphatic hydroxyl groups is 2. The number of ether oxygens (including phenoxy) is 3. The van der Waals surface area contributed by atoms with Gasteiger partial charge in [0.2, 0.25) is 5.91 Å². The van der Waals surface area contributed by atoms with Crippen molar-refractivity contribution < 1.29 is 38.4 Å². The number of carbonyl (C=O) groups excluding carboxylic acids is 2. The fraction of sp³-hybridized carbons (Fsp3) is 0.750. The van der Waals surface area contributed by atoms with Crippen LogP contribution in [0.2, 0.25) is 0 Å². The molecule has 2 aliphatic rings. The average Bonchev–Trinajstić information content (AvgIpc) is 3.00. The summed E-state index contributed by atoms with van der Waals surface area (Å²) < 4.78 is 31.3. The lowest BCUT2D eigenvalue weighted by atomic mass is 9.99. The summed E-state index contributed by atoms with van der Waals surface area (Å²) in [6.07, 6.45) is -1.59. The van der Waals surface area contributed by atoms with E-state index in [-0.39, 0.29) is 49.7 Å². The quantitative estimate of drug-likeness (QED) is 0.420. The molecule has 0 bridgehead atoms. The first-order valence-electron chi connectivity index (χ1n) is 15.9. The molecule has 4 atom stereocenters. The Labute approximate surface area is 261 Å². The number of amides is 2. The van der Waals surface area contributed by atoms with E-state index in [9.17, 15) is 24.2 Å². The standard InChI is InChI=1S/C32H53FN4O7/c1-24(2)19-25-20-36(32(41)26-9-5-6-10-27(26)33)21-29(43-4)31(40)28(38)23-44-17-8-7-11-37(25)30(39)22-35-14-12-34(13-15-35)16-18-42-3/h5-6,9-10,24-25,28-29,31,38,40H,7-8,11-23H2,1-4H3/t25-,28-,29-,31-/m1/s1. The molecule has 44 heavy (non-hydrogen) atoms. The van der Waals surface area contributed by atoms with Gasteiger partial charge in [-0.2, -0.15) is 0 Å². The Morgan fingerprint density at radius 2 is 1.73 bits per heavy atom. The van der Waals surface area contributed by atoms with Gasteiger partial charge in [0.15, 0.2) is 0 Å². The van der Waals surface area contributed by atoms with Crippen molar-refractivity contribution in [1.29, 1.82) is 0 Å². The molecule has 2 N–H and O–H groups in total. The van der Waals surface area contributed by atoms with Crippen molar-refractivity contribution >= 4 is 11.8 Å². The molecule has 0 aliphatic carbocycles. The third-order valence-corrected chi connectivity index (χ3v) is 8.47. The first-order chi connectivity index (χ1) is 21.1. The molecule has 1 aromatic rings. The Morgan fingerprint density at radius 1 is 1.02 bits per heavy atom. The highest BCUT2D eigenvalue weighted by Gasteiger charge is 2.35. The third kappa shape index (κ3) is 11.0. The van der Waals surface area contributed by atoms with Gasteiger partial charge in [0.05, 0.1) is 25.3 Å². The minimum atomic E-state index is -1.34. The van der Waals surface area contributed by atoms with E-state index < -0.39 is 30.0 Å². The molecule has 3 rings (SSSR count). The van der Waals surface area contributed by atoms with Crippen molar-refractivity contribution in [2.45, 2.75) is 57.5 Å². The van der Waals surface area contributed by atoms with E-state index in [1.54, 1.807) is 13.2 Å². The first kappa shape index (κ1) is 36.3. The molecule has 2 heterocycles. The molecule has 2 amide bonds. The number of benzene rings is 1. The second-order valence-corrected chi connectivity index (χ2v) is 12.3. The lowest BCUT2D eigenvalue weighted by Gasteiger charge is -2.40. The van der Waals surface area contributed by atoms with E-state index >= 15 is 0 Å². The Bertz CT molecular complexity index is 1010. The number of methoxy groups -OCH3 is 2. The van der Waals surface area contributed by atoms with Crippen LogP contribution in [0.5, 0.6) is 0 Å². The number of carbonyl (C=O) groups is 2. The summed E-state index contributed by atoms with van der Waals surface area (Å²) >= 11 is 0. The van der Waals surface area contributed by atoms with Crippen LogP contribution in [0.3, 0.4) is 0 Å². The fourth-order valence-corrected chi connectivity index (χ4v) is 5.90. The van der Waals surface area contributed by atoms with Crippen molar-refractivity contribution in [3.63, 3.8) is 0 Å². The minimum Gasteiger partial charge on any atom is -0.388 e. The number of hydrogen-bond donors (Lipinski definition) is 2. The Kier molecular flexibility index (Phi) is 15.4. The summed E-state index contributed by atoms with van der Waals surface area (Å²) in [7, 11) is 3.09. The van der Waals surface area contributed by atoms with Crippen LogP contribution in [-0.2, 0) is 19.0 Å². The van der Waals surface area contributed by atoms with Crippen LogP contribution in [0.15, 0.2) is 24.3 Å². The minimum absolute atomic E-state index is 0.00829. The van der Waals surface area contributed by atoms with Crippen LogP contribution < -0.4 is 0 Å². The van der Waals surface area contributed by atoms with Gasteiger partial charge in [0.25, 0.3) is 5.91 Å². The van der Waals surface area contributed by atoms with Gasteiger partial charge >= 0.3 is 0 Å². The van der Waals surface area contributed by atoms with Gasteiger partial charge in [-0.15, -0.1) is 0 Å². The van der Waals surface area contributed by atoms with Gasteiger partial charge in [0.1, 0.15) is 24.1 Å². The average molecular weight is 625 g/mol. The van der Waals surface area contributed by atoms with Gasteiger partial charge in [-0.1, -0.05) is 26.0 Å². The molecule has 1 aromatic carbocycles. The zero-order valence-corrected chi connectivity index (χ0v) is 26.9. The van der Waals surface area contributed by atoms with E-state index in [4.69, 9.17) is 14.2 Å². The molecule has 0 spiro atoms. The topological polar surface area (TPSA) is 115 Å². The number of rotatable bonds is 9. The van der Waals surface area contributed by atoms with Crippen LogP contribution in [0.25, 0.3) is 0 Å². The van der Waals surface area contributed by atoms with Gasteiger partial charge < -0.3 is 34.2 Å². The second-order valence-electron chi connectivity index (χ2n) is 12.3. The Balaban J connectivity index is 1.90. The lowest BCUT2D eigenvalue weighted by Crippen LogP contribution is -2.56. The van der Waals surface area contributed by atoms with Crippen molar-refractivity contribution in [3.8, 4) is 0 Å². The van der Waals surface area contributed by atoms with E-state index in [1.165, 1.54) is 30.2 Å². The van der Waals surface area contributed by atoms with E-state index in [2.05, 4.69) is 23.6 Å². The monoisotopic (exact) mass is 624 g/mol. The molecule has 2 aliphatic heterocycles. The van der Waals surface area contributed by atoms with Crippen molar-refractivity contribution in [2.75, 3.05) is 92.9 Å². The largest absolute Gasteiger partial charge is 0.388 e. The molecule has 2 fully saturated rings. The third-order valence-electron chi connectivity index (χ3n) is 8.47. The van der Waals surface area contributed by atoms with Gasteiger partial charge in [-0.05, 0) is 37.3 Å². The maximum atomic E-state index is 14.9. The summed E-state index contributed by atoms with van der Waals surface area (Å²) in [5.74, 6) is -1.02. The molecule has 0 unspecified atom stereocenters. The highest BCUT2D eigenvalue weighted by atomic mass is 19.1. The maximum Gasteiger partial charge on any atom is 0.256 e. The number of nitrogens with zero attached hydrogens (tertiary/aromatic N) is 4. The SMILES string of the molecule is COCCN1CCN(CC(=O)N2CCCCOC[C@@H](O)[C@@H](O)[C@H](OC)CN(C(=O)c3ccccc3F)C[C@H]2CC(C)C)CC1. The smallest absolute Gasteiger partial charge is 0.256 e. The summed E-state index contributed by atoms with van der Waals surface area (Å²) in [5, 5.41) is 21.5. The molecule has 250 valence electrons. The number of halogens is 1. The predicted octanol–water partition coefficient (Wildman–Crippen LogP) is 1.32. The molecule has 2 saturated heterocycles. The van der Waals surface area contributed by atoms with Crippen LogP contribution in [0.4, 0.5) is 4.39 Å². The van der Waals surface area contributed by atoms with Crippen molar-refractivity contribution in [1.82, 2.24) is 19.6 Å². The molecular formula is C32H53FN4O7. The highest BCUT2D eigenvalue weighted by Crippen LogP contribution is 2.20. The second kappa shape index (κ2) is 18.7. The number of aliphatic hydroxyl groups excluding tert-OH is 2. The molecule has 11 nitrogen and oxygen atoms in total. The highest BCUT2D eigenvalue weighted by molar-refractivity contribution is 5.94. The van der Waals surface area contributed by atoms with E-state index in [1.807, 2.05) is 4.90 Å². The van der Waals surface area contributed by atoms with Crippen LogP contribution in [0, 0.1) is 11.7 Å². The molecule has 0 aromatic heterocycles. The summed E-state index contributed by atoms with van der Waals surface area (Å²) in [5.41, 5.74) is -0.102. The predicted molar refractivity (Wildman–Crippen MR) is 165 cm³/mol. The van der Waals surface area contributed by atoms with E-state index in [0.717, 1.165) is 32.7 Å². The molecular weight excluding hydrogens is 571 g/mol. The maximum absolute atomic E-state index is 14.9. The Hall–Kier alpha value is -2.19. The lowest BCUT2D eigenvalue weighted by molar-refractivity contribution is -0.136.